The summed E-state index contributed by atoms with van der Waals surface area (Å²) >= 11 is 0. The summed E-state index contributed by atoms with van der Waals surface area (Å²) in [7, 11) is 0. The van der Waals surface area contributed by atoms with Crippen LogP contribution in [0.5, 0.6) is 0 Å². The summed E-state index contributed by atoms with van der Waals surface area (Å²) in [5.74, 6) is -1.10. The van der Waals surface area contributed by atoms with E-state index in [1.54, 1.807) is 36.4 Å². The number of hydrogen-bond donors (Lipinski definition) is 3. The summed E-state index contributed by atoms with van der Waals surface area (Å²) in [6.07, 6.45) is 2.31. The van der Waals surface area contributed by atoms with E-state index >= 15 is 0 Å². The molecule has 0 saturated carbocycles. The molecule has 18 heavy (non-hydrogen) atoms. The normalized spacial score (nSPS) is 11.3. The maximum absolute atomic E-state index is 11.5. The molecule has 96 valence electrons. The summed E-state index contributed by atoms with van der Waals surface area (Å²) in [4.78, 5) is 22.6. The number of urea groups is 1. The van der Waals surface area contributed by atoms with E-state index in [2.05, 4.69) is 17.2 Å². The van der Waals surface area contributed by atoms with E-state index in [4.69, 9.17) is 5.11 Å². The number of rotatable bonds is 6. The summed E-state index contributed by atoms with van der Waals surface area (Å²) in [6.45, 7) is 3.96. The molecule has 0 aliphatic heterocycles. The quantitative estimate of drug-likeness (QED) is 0.529. The zero-order chi connectivity index (χ0) is 13.4. The smallest absolute Gasteiger partial charge is 0.330 e. The number of carboxylic acid groups (broad SMARTS) is 1. The Kier molecular flexibility index (Phi) is 5.44. The van der Waals surface area contributed by atoms with Crippen LogP contribution in [0.2, 0.25) is 0 Å². The molecule has 0 saturated heterocycles. The molecule has 0 aliphatic rings. The summed E-state index contributed by atoms with van der Waals surface area (Å²) < 4.78 is 0. The van der Waals surface area contributed by atoms with Crippen molar-refractivity contribution in [2.45, 2.75) is 12.5 Å². The minimum absolute atomic E-state index is 0.427. The predicted octanol–water partition coefficient (Wildman–Crippen LogP) is 1.69. The first kappa shape index (κ1) is 13.8. The lowest BCUT2D eigenvalue weighted by Gasteiger charge is -2.15. The SMILES string of the molecule is C=CCCNC(=O)NC(C(=O)O)c1ccccc1. The molecule has 0 fully saturated rings. The van der Waals surface area contributed by atoms with Gasteiger partial charge in [-0.2, -0.15) is 0 Å². The van der Waals surface area contributed by atoms with Gasteiger partial charge in [-0.05, 0) is 12.0 Å². The molecule has 1 unspecified atom stereocenters. The third kappa shape index (κ3) is 4.29. The van der Waals surface area contributed by atoms with Crippen molar-refractivity contribution >= 4 is 12.0 Å². The van der Waals surface area contributed by atoms with E-state index in [0.717, 1.165) is 0 Å². The van der Waals surface area contributed by atoms with E-state index in [1.165, 1.54) is 0 Å². The highest BCUT2D eigenvalue weighted by atomic mass is 16.4. The zero-order valence-corrected chi connectivity index (χ0v) is 9.93. The van der Waals surface area contributed by atoms with Gasteiger partial charge in [-0.3, -0.25) is 0 Å². The van der Waals surface area contributed by atoms with Gasteiger partial charge >= 0.3 is 12.0 Å². The molecule has 5 nitrogen and oxygen atoms in total. The average molecular weight is 248 g/mol. The lowest BCUT2D eigenvalue weighted by atomic mass is 10.1. The van der Waals surface area contributed by atoms with Crippen LogP contribution in [0.15, 0.2) is 43.0 Å². The van der Waals surface area contributed by atoms with Crippen LogP contribution in [-0.4, -0.2) is 23.7 Å². The van der Waals surface area contributed by atoms with Crippen molar-refractivity contribution in [3.8, 4) is 0 Å². The molecule has 3 N–H and O–H groups in total. The van der Waals surface area contributed by atoms with Crippen LogP contribution in [-0.2, 0) is 4.79 Å². The molecule has 1 atom stereocenters. The van der Waals surface area contributed by atoms with Gasteiger partial charge in [-0.25, -0.2) is 9.59 Å². The Labute approximate surface area is 106 Å². The molecule has 0 bridgehead atoms. The predicted molar refractivity (Wildman–Crippen MR) is 68.2 cm³/mol. The molecule has 1 rings (SSSR count). The van der Waals surface area contributed by atoms with Gasteiger partial charge in [0.25, 0.3) is 0 Å². The van der Waals surface area contributed by atoms with Crippen LogP contribution in [0.3, 0.4) is 0 Å². The molecule has 0 aromatic heterocycles. The fraction of sp³-hybridized carbons (Fsp3) is 0.231. The molecular weight excluding hydrogens is 232 g/mol. The monoisotopic (exact) mass is 248 g/mol. The number of carbonyl (C=O) groups is 2. The van der Waals surface area contributed by atoms with Crippen LogP contribution < -0.4 is 10.6 Å². The minimum Gasteiger partial charge on any atom is -0.479 e. The fourth-order valence-electron chi connectivity index (χ4n) is 1.40. The van der Waals surface area contributed by atoms with Crippen LogP contribution >= 0.6 is 0 Å². The standard InChI is InChI=1S/C13H16N2O3/c1-2-3-9-14-13(18)15-11(12(16)17)10-7-5-4-6-8-10/h2,4-8,11H,1,3,9H2,(H,16,17)(H2,14,15,18). The summed E-state index contributed by atoms with van der Waals surface area (Å²) in [5.41, 5.74) is 0.531. The second-order valence-corrected chi connectivity index (χ2v) is 3.66. The molecule has 1 aromatic carbocycles. The Hall–Kier alpha value is -2.30. The van der Waals surface area contributed by atoms with E-state index in [1.807, 2.05) is 0 Å². The average Bonchev–Trinajstić information content (AvgIpc) is 2.37. The van der Waals surface area contributed by atoms with Crippen molar-refractivity contribution in [3.63, 3.8) is 0 Å². The molecule has 0 radical (unpaired) electrons. The summed E-state index contributed by atoms with van der Waals surface area (Å²) in [5, 5.41) is 14.1. The van der Waals surface area contributed by atoms with Crippen molar-refractivity contribution in [2.24, 2.45) is 0 Å². The number of amides is 2. The Balaban J connectivity index is 2.62. The van der Waals surface area contributed by atoms with Crippen molar-refractivity contribution in [1.29, 1.82) is 0 Å². The van der Waals surface area contributed by atoms with Gasteiger partial charge < -0.3 is 15.7 Å². The Morgan fingerprint density at radius 3 is 2.56 bits per heavy atom. The third-order valence-electron chi connectivity index (χ3n) is 2.29. The maximum Gasteiger partial charge on any atom is 0.330 e. The molecule has 0 aliphatic carbocycles. The van der Waals surface area contributed by atoms with Crippen LogP contribution in [0, 0.1) is 0 Å². The largest absolute Gasteiger partial charge is 0.479 e. The number of hydrogen-bond acceptors (Lipinski definition) is 2. The minimum atomic E-state index is -1.10. The first-order chi connectivity index (χ1) is 8.65. The second-order valence-electron chi connectivity index (χ2n) is 3.66. The van der Waals surface area contributed by atoms with Gasteiger partial charge in [0.1, 0.15) is 0 Å². The van der Waals surface area contributed by atoms with E-state index in [0.29, 0.717) is 18.5 Å². The summed E-state index contributed by atoms with van der Waals surface area (Å²) in [6, 6.07) is 6.99. The Morgan fingerprint density at radius 1 is 1.33 bits per heavy atom. The van der Waals surface area contributed by atoms with Gasteiger partial charge in [0.2, 0.25) is 0 Å². The number of nitrogens with one attached hydrogen (secondary N) is 2. The number of carbonyl (C=O) groups excluding carboxylic acids is 1. The Bertz CT molecular complexity index is 418. The highest BCUT2D eigenvalue weighted by Gasteiger charge is 2.21. The van der Waals surface area contributed by atoms with Crippen molar-refractivity contribution < 1.29 is 14.7 Å². The van der Waals surface area contributed by atoms with Gasteiger partial charge in [0, 0.05) is 6.54 Å². The highest BCUT2D eigenvalue weighted by Crippen LogP contribution is 2.12. The van der Waals surface area contributed by atoms with Gasteiger partial charge in [0.15, 0.2) is 6.04 Å². The Morgan fingerprint density at radius 2 is 2.00 bits per heavy atom. The highest BCUT2D eigenvalue weighted by molar-refractivity contribution is 5.83. The van der Waals surface area contributed by atoms with Crippen LogP contribution in [0.4, 0.5) is 4.79 Å². The molecule has 2 amide bonds. The maximum atomic E-state index is 11.5. The van der Waals surface area contributed by atoms with Crippen molar-refractivity contribution in [2.75, 3.05) is 6.54 Å². The molecule has 0 spiro atoms. The lowest BCUT2D eigenvalue weighted by Crippen LogP contribution is -2.41. The molecular formula is C13H16N2O3. The number of benzene rings is 1. The fourth-order valence-corrected chi connectivity index (χ4v) is 1.40. The van der Waals surface area contributed by atoms with Gasteiger partial charge in [0.05, 0.1) is 0 Å². The van der Waals surface area contributed by atoms with Crippen LogP contribution in [0.1, 0.15) is 18.0 Å². The van der Waals surface area contributed by atoms with E-state index < -0.39 is 18.0 Å². The van der Waals surface area contributed by atoms with Crippen molar-refractivity contribution in [1.82, 2.24) is 10.6 Å². The van der Waals surface area contributed by atoms with E-state index in [9.17, 15) is 9.59 Å². The first-order valence-corrected chi connectivity index (χ1v) is 5.58. The molecule has 5 heteroatoms. The van der Waals surface area contributed by atoms with Gasteiger partial charge in [-0.1, -0.05) is 36.4 Å². The molecule has 0 heterocycles. The number of aliphatic carboxylic acids is 1. The number of carboxylic acids is 1. The topological polar surface area (TPSA) is 78.4 Å². The van der Waals surface area contributed by atoms with Gasteiger partial charge in [-0.15, -0.1) is 6.58 Å². The van der Waals surface area contributed by atoms with E-state index in [-0.39, 0.29) is 0 Å². The first-order valence-electron chi connectivity index (χ1n) is 5.58. The van der Waals surface area contributed by atoms with Crippen LogP contribution in [0.25, 0.3) is 0 Å². The van der Waals surface area contributed by atoms with Crippen molar-refractivity contribution in [3.05, 3.63) is 48.6 Å². The zero-order valence-electron chi connectivity index (χ0n) is 9.93. The second kappa shape index (κ2) is 7.11. The lowest BCUT2D eigenvalue weighted by molar-refractivity contribution is -0.139. The molecule has 1 aromatic rings. The third-order valence-corrected chi connectivity index (χ3v) is 2.29.